The third-order valence-electron chi connectivity index (χ3n) is 3.31. The highest BCUT2D eigenvalue weighted by atomic mass is 35.5. The Morgan fingerprint density at radius 2 is 1.84 bits per heavy atom. The second kappa shape index (κ2) is 6.30. The van der Waals surface area contributed by atoms with Crippen molar-refractivity contribution in [1.29, 1.82) is 0 Å². The van der Waals surface area contributed by atoms with Gasteiger partial charge in [-0.1, -0.05) is 0 Å². The number of halogens is 3. The van der Waals surface area contributed by atoms with Gasteiger partial charge in [-0.2, -0.15) is 0 Å². The van der Waals surface area contributed by atoms with E-state index in [1.165, 1.54) is 13.0 Å². The van der Waals surface area contributed by atoms with Crippen molar-refractivity contribution in [1.82, 2.24) is 4.90 Å². The highest BCUT2D eigenvalue weighted by molar-refractivity contribution is 5.94. The molecular weight excluding hydrogens is 274 g/mol. The molecular formula is C13H17ClF2N2O. The topological polar surface area (TPSA) is 46.3 Å². The molecule has 6 heteroatoms. The fraction of sp³-hybridized carbons (Fsp3) is 0.462. The first kappa shape index (κ1) is 15.9. The Hall–Kier alpha value is -1.20. The third-order valence-corrected chi connectivity index (χ3v) is 3.31. The molecule has 1 amide bonds. The molecule has 0 spiro atoms. The SMILES string of the molecule is Cc1cc(C(=O)N2CCC(N)CC2)c(F)cc1F.Cl. The summed E-state index contributed by atoms with van der Waals surface area (Å²) in [7, 11) is 0. The van der Waals surface area contributed by atoms with Crippen LogP contribution in [0.25, 0.3) is 0 Å². The summed E-state index contributed by atoms with van der Waals surface area (Å²) in [6.07, 6.45) is 1.43. The largest absolute Gasteiger partial charge is 0.338 e. The fourth-order valence-corrected chi connectivity index (χ4v) is 2.09. The monoisotopic (exact) mass is 290 g/mol. The zero-order chi connectivity index (χ0) is 13.3. The second-order valence-corrected chi connectivity index (χ2v) is 4.71. The minimum atomic E-state index is -0.807. The minimum Gasteiger partial charge on any atom is -0.338 e. The molecule has 1 aromatic carbocycles. The zero-order valence-corrected chi connectivity index (χ0v) is 11.5. The number of hydrogen-bond donors (Lipinski definition) is 1. The van der Waals surface area contributed by atoms with Crippen LogP contribution in [0.5, 0.6) is 0 Å². The van der Waals surface area contributed by atoms with Crippen LogP contribution >= 0.6 is 12.4 Å². The van der Waals surface area contributed by atoms with Gasteiger partial charge in [0.15, 0.2) is 0 Å². The van der Waals surface area contributed by atoms with Crippen LogP contribution in [0.3, 0.4) is 0 Å². The summed E-state index contributed by atoms with van der Waals surface area (Å²) < 4.78 is 26.7. The van der Waals surface area contributed by atoms with Crippen molar-refractivity contribution in [2.45, 2.75) is 25.8 Å². The number of aryl methyl sites for hydroxylation is 1. The molecule has 0 unspecified atom stereocenters. The molecule has 106 valence electrons. The summed E-state index contributed by atoms with van der Waals surface area (Å²) in [5.74, 6) is -1.83. The van der Waals surface area contributed by atoms with Crippen molar-refractivity contribution in [3.63, 3.8) is 0 Å². The van der Waals surface area contributed by atoms with Crippen LogP contribution in [-0.4, -0.2) is 29.9 Å². The van der Waals surface area contributed by atoms with E-state index in [0.717, 1.165) is 6.07 Å². The first-order valence-corrected chi connectivity index (χ1v) is 5.99. The number of benzene rings is 1. The molecule has 0 aliphatic carbocycles. The number of rotatable bonds is 1. The maximum Gasteiger partial charge on any atom is 0.256 e. The van der Waals surface area contributed by atoms with E-state index in [-0.39, 0.29) is 35.5 Å². The number of nitrogens with zero attached hydrogens (tertiary/aromatic N) is 1. The van der Waals surface area contributed by atoms with E-state index >= 15 is 0 Å². The first-order chi connectivity index (χ1) is 8.49. The summed E-state index contributed by atoms with van der Waals surface area (Å²) in [5.41, 5.74) is 5.95. The van der Waals surface area contributed by atoms with E-state index in [9.17, 15) is 13.6 Å². The summed E-state index contributed by atoms with van der Waals surface area (Å²) in [6, 6.07) is 2.13. The summed E-state index contributed by atoms with van der Waals surface area (Å²) >= 11 is 0. The highest BCUT2D eigenvalue weighted by Crippen LogP contribution is 2.18. The van der Waals surface area contributed by atoms with Gasteiger partial charge in [0.25, 0.3) is 5.91 Å². The van der Waals surface area contributed by atoms with Gasteiger partial charge in [0.05, 0.1) is 5.56 Å². The lowest BCUT2D eigenvalue weighted by molar-refractivity contribution is 0.0710. The lowest BCUT2D eigenvalue weighted by atomic mass is 10.0. The van der Waals surface area contributed by atoms with Crippen LogP contribution in [0.4, 0.5) is 8.78 Å². The molecule has 0 atom stereocenters. The smallest absolute Gasteiger partial charge is 0.256 e. The Balaban J connectivity index is 0.00000180. The molecule has 3 nitrogen and oxygen atoms in total. The van der Waals surface area contributed by atoms with Crippen LogP contribution < -0.4 is 5.73 Å². The second-order valence-electron chi connectivity index (χ2n) is 4.71. The molecule has 1 aliphatic rings. The molecule has 19 heavy (non-hydrogen) atoms. The lowest BCUT2D eigenvalue weighted by Gasteiger charge is -2.30. The van der Waals surface area contributed by atoms with Crippen molar-refractivity contribution in [2.24, 2.45) is 5.73 Å². The molecule has 2 rings (SSSR count). The normalized spacial score (nSPS) is 16.1. The fourth-order valence-electron chi connectivity index (χ4n) is 2.09. The molecule has 0 saturated carbocycles. The van der Waals surface area contributed by atoms with E-state index in [1.54, 1.807) is 4.90 Å². The van der Waals surface area contributed by atoms with Crippen LogP contribution in [-0.2, 0) is 0 Å². The molecule has 0 bridgehead atoms. The van der Waals surface area contributed by atoms with Gasteiger partial charge in [0, 0.05) is 25.2 Å². The quantitative estimate of drug-likeness (QED) is 0.862. The maximum absolute atomic E-state index is 13.6. The first-order valence-electron chi connectivity index (χ1n) is 5.99. The van der Waals surface area contributed by atoms with Gasteiger partial charge in [-0.25, -0.2) is 8.78 Å². The van der Waals surface area contributed by atoms with Crippen LogP contribution in [0.15, 0.2) is 12.1 Å². The van der Waals surface area contributed by atoms with Crippen molar-refractivity contribution in [2.75, 3.05) is 13.1 Å². The van der Waals surface area contributed by atoms with Crippen molar-refractivity contribution in [3.05, 3.63) is 34.9 Å². The van der Waals surface area contributed by atoms with Gasteiger partial charge in [0.2, 0.25) is 0 Å². The van der Waals surface area contributed by atoms with Gasteiger partial charge in [-0.15, -0.1) is 12.4 Å². The lowest BCUT2D eigenvalue weighted by Crippen LogP contribution is -2.43. The number of carbonyl (C=O) groups excluding carboxylic acids is 1. The summed E-state index contributed by atoms with van der Waals surface area (Å²) in [4.78, 5) is 13.7. The maximum atomic E-state index is 13.6. The van der Waals surface area contributed by atoms with Gasteiger partial charge < -0.3 is 10.6 Å². The van der Waals surface area contributed by atoms with Gasteiger partial charge in [-0.05, 0) is 31.4 Å². The van der Waals surface area contributed by atoms with Gasteiger partial charge in [-0.3, -0.25) is 4.79 Å². The number of likely N-dealkylation sites (tertiary alicyclic amines) is 1. The Morgan fingerprint density at radius 3 is 2.42 bits per heavy atom. The molecule has 1 aromatic rings. The molecule has 2 N–H and O–H groups in total. The van der Waals surface area contributed by atoms with E-state index in [4.69, 9.17) is 5.73 Å². The molecule has 1 aliphatic heterocycles. The molecule has 1 heterocycles. The van der Waals surface area contributed by atoms with Crippen molar-refractivity contribution >= 4 is 18.3 Å². The van der Waals surface area contributed by atoms with Crippen LogP contribution in [0.1, 0.15) is 28.8 Å². The van der Waals surface area contributed by atoms with E-state index in [2.05, 4.69) is 0 Å². The zero-order valence-electron chi connectivity index (χ0n) is 10.7. The van der Waals surface area contributed by atoms with E-state index < -0.39 is 11.6 Å². The standard InChI is InChI=1S/C13H16F2N2O.ClH/c1-8-6-10(12(15)7-11(8)14)13(18)17-4-2-9(16)3-5-17;/h6-7,9H,2-5,16H2,1H3;1H. The Morgan fingerprint density at radius 1 is 1.26 bits per heavy atom. The molecule has 0 radical (unpaired) electrons. The Labute approximate surface area is 117 Å². The van der Waals surface area contributed by atoms with E-state index in [0.29, 0.717) is 25.9 Å². The number of amides is 1. The predicted molar refractivity (Wildman–Crippen MR) is 71.5 cm³/mol. The minimum absolute atomic E-state index is 0. The summed E-state index contributed by atoms with van der Waals surface area (Å²) in [5, 5.41) is 0. The summed E-state index contributed by atoms with van der Waals surface area (Å²) in [6.45, 7) is 2.56. The van der Waals surface area contributed by atoms with Crippen molar-refractivity contribution < 1.29 is 13.6 Å². The van der Waals surface area contributed by atoms with Gasteiger partial charge >= 0.3 is 0 Å². The average Bonchev–Trinajstić information content (AvgIpc) is 2.34. The predicted octanol–water partition coefficient (Wildman–Crippen LogP) is 2.26. The molecule has 1 fully saturated rings. The molecule has 1 saturated heterocycles. The highest BCUT2D eigenvalue weighted by Gasteiger charge is 2.24. The number of hydrogen-bond acceptors (Lipinski definition) is 2. The number of carbonyl (C=O) groups is 1. The average molecular weight is 291 g/mol. The number of nitrogens with two attached hydrogens (primary N) is 1. The molecule has 0 aromatic heterocycles. The van der Waals surface area contributed by atoms with Crippen LogP contribution in [0.2, 0.25) is 0 Å². The Bertz CT molecular complexity index is 474. The van der Waals surface area contributed by atoms with Gasteiger partial charge in [0.1, 0.15) is 11.6 Å². The van der Waals surface area contributed by atoms with E-state index in [1.807, 2.05) is 0 Å². The third kappa shape index (κ3) is 3.42. The van der Waals surface area contributed by atoms with Crippen LogP contribution in [0, 0.1) is 18.6 Å². The Kier molecular flexibility index (Phi) is 5.26. The van der Waals surface area contributed by atoms with Crippen molar-refractivity contribution in [3.8, 4) is 0 Å². The number of piperidine rings is 1.